The summed E-state index contributed by atoms with van der Waals surface area (Å²) in [4.78, 5) is 15.8. The monoisotopic (exact) mass is 221 g/mol. The molecule has 0 bridgehead atoms. The van der Waals surface area contributed by atoms with Crippen LogP contribution in [0, 0.1) is 0 Å². The second-order valence-corrected chi connectivity index (χ2v) is 3.51. The Labute approximate surface area is 91.4 Å². The van der Waals surface area contributed by atoms with Gasteiger partial charge in [-0.05, 0) is 12.1 Å². The minimum atomic E-state index is -0.490. The van der Waals surface area contributed by atoms with Crippen molar-refractivity contribution in [2.45, 2.75) is 6.42 Å². The highest BCUT2D eigenvalue weighted by Crippen LogP contribution is 2.22. The van der Waals surface area contributed by atoms with E-state index >= 15 is 0 Å². The molecular formula is C11H8ClNO2. The average molecular weight is 222 g/mol. The molecule has 2 rings (SSSR count). The highest BCUT2D eigenvalue weighted by atomic mass is 35.5. The van der Waals surface area contributed by atoms with E-state index in [1.165, 1.54) is 6.07 Å². The van der Waals surface area contributed by atoms with E-state index < -0.39 is 11.2 Å². The first-order valence-corrected chi connectivity index (χ1v) is 4.83. The van der Waals surface area contributed by atoms with Gasteiger partial charge in [0.15, 0.2) is 5.75 Å². The largest absolute Gasteiger partial charge is 0.503 e. The second kappa shape index (κ2) is 3.87. The summed E-state index contributed by atoms with van der Waals surface area (Å²) in [5.74, 6) is -0.431. The fraction of sp³-hybridized carbons (Fsp3) is 0.0909. The Morgan fingerprint density at radius 3 is 2.87 bits per heavy atom. The number of halogens is 1. The molecule has 1 aliphatic rings. The van der Waals surface area contributed by atoms with Crippen molar-refractivity contribution in [3.63, 3.8) is 0 Å². The predicted molar refractivity (Wildman–Crippen MR) is 60.5 cm³/mol. The molecule has 0 saturated heterocycles. The number of aromatic hydroxyl groups is 1. The lowest BCUT2D eigenvalue weighted by molar-refractivity contribution is 0.471. The van der Waals surface area contributed by atoms with Crippen LogP contribution in [0.1, 0.15) is 12.0 Å². The van der Waals surface area contributed by atoms with E-state index in [0.29, 0.717) is 17.7 Å². The molecule has 0 amide bonds. The van der Waals surface area contributed by atoms with Crippen molar-refractivity contribution in [1.82, 2.24) is 0 Å². The fourth-order valence-corrected chi connectivity index (χ4v) is 1.53. The summed E-state index contributed by atoms with van der Waals surface area (Å²) in [6.07, 6.45) is 4.24. The lowest BCUT2D eigenvalue weighted by atomic mass is 10.2. The molecule has 15 heavy (non-hydrogen) atoms. The van der Waals surface area contributed by atoms with Gasteiger partial charge < -0.3 is 5.11 Å². The predicted octanol–water partition coefficient (Wildman–Crippen LogP) is 2.22. The van der Waals surface area contributed by atoms with Crippen LogP contribution in [0.2, 0.25) is 5.02 Å². The van der Waals surface area contributed by atoms with Gasteiger partial charge in [-0.1, -0.05) is 23.7 Å². The Kier molecular flexibility index (Phi) is 2.56. The van der Waals surface area contributed by atoms with Crippen molar-refractivity contribution in [3.8, 4) is 5.75 Å². The van der Waals surface area contributed by atoms with Gasteiger partial charge in [0.25, 0.3) is 0 Å². The van der Waals surface area contributed by atoms with Crippen molar-refractivity contribution in [3.05, 3.63) is 45.1 Å². The fourth-order valence-electron chi connectivity index (χ4n) is 1.37. The smallest absolute Gasteiger partial charge is 0.231 e. The number of allylic oxidation sites excluding steroid dienone is 1. The van der Waals surface area contributed by atoms with Gasteiger partial charge in [-0.2, -0.15) is 0 Å². The molecule has 1 aromatic carbocycles. The highest BCUT2D eigenvalue weighted by Gasteiger charge is 2.11. The molecule has 1 aromatic rings. The molecule has 1 N–H and O–H groups in total. The normalized spacial score (nSPS) is 14.1. The number of hydrogen-bond acceptors (Lipinski definition) is 3. The van der Waals surface area contributed by atoms with Gasteiger partial charge in [0, 0.05) is 12.6 Å². The Morgan fingerprint density at radius 2 is 2.20 bits per heavy atom. The second-order valence-electron chi connectivity index (χ2n) is 3.10. The van der Waals surface area contributed by atoms with Gasteiger partial charge in [0.1, 0.15) is 0 Å². The lowest BCUT2D eigenvalue weighted by Crippen LogP contribution is -2.03. The quantitative estimate of drug-likeness (QED) is 0.791. The number of rotatable bonds is 1. The van der Waals surface area contributed by atoms with E-state index in [1.807, 2.05) is 6.08 Å². The maximum atomic E-state index is 11.7. The Hall–Kier alpha value is -1.61. The first-order chi connectivity index (χ1) is 7.20. The van der Waals surface area contributed by atoms with E-state index in [1.54, 1.807) is 18.3 Å². The van der Waals surface area contributed by atoms with Crippen LogP contribution in [0.15, 0.2) is 34.1 Å². The molecule has 0 radical (unpaired) electrons. The summed E-state index contributed by atoms with van der Waals surface area (Å²) in [6.45, 7) is 0. The molecule has 0 atom stereocenters. The summed E-state index contributed by atoms with van der Waals surface area (Å²) in [7, 11) is 0. The van der Waals surface area contributed by atoms with Crippen LogP contribution < -0.4 is 5.43 Å². The Balaban J connectivity index is 2.70. The van der Waals surface area contributed by atoms with Gasteiger partial charge in [0.05, 0.1) is 16.3 Å². The molecule has 0 spiro atoms. The molecule has 0 saturated carbocycles. The van der Waals surface area contributed by atoms with Crippen molar-refractivity contribution in [2.75, 3.05) is 0 Å². The molecule has 76 valence electrons. The number of hydrogen-bond donors (Lipinski definition) is 1. The van der Waals surface area contributed by atoms with Crippen LogP contribution in [-0.4, -0.2) is 11.3 Å². The first-order valence-electron chi connectivity index (χ1n) is 4.45. The maximum absolute atomic E-state index is 11.7. The van der Waals surface area contributed by atoms with Gasteiger partial charge in [-0.3, -0.25) is 9.79 Å². The van der Waals surface area contributed by atoms with Crippen LogP contribution in [0.3, 0.4) is 0 Å². The van der Waals surface area contributed by atoms with Crippen molar-refractivity contribution >= 4 is 23.5 Å². The highest BCUT2D eigenvalue weighted by molar-refractivity contribution is 6.31. The SMILES string of the molecule is O=c1c(C2=CCC=N2)cccc(Cl)c1O. The minimum absolute atomic E-state index is 0.0498. The van der Waals surface area contributed by atoms with Gasteiger partial charge in [0.2, 0.25) is 5.43 Å². The molecular weight excluding hydrogens is 214 g/mol. The zero-order valence-corrected chi connectivity index (χ0v) is 8.53. The van der Waals surface area contributed by atoms with Crippen LogP contribution >= 0.6 is 11.6 Å². The molecule has 3 nitrogen and oxygen atoms in total. The zero-order valence-electron chi connectivity index (χ0n) is 7.77. The minimum Gasteiger partial charge on any atom is -0.503 e. The van der Waals surface area contributed by atoms with Crippen LogP contribution in [0.25, 0.3) is 5.70 Å². The molecule has 4 heteroatoms. The topological polar surface area (TPSA) is 49.7 Å². The van der Waals surface area contributed by atoms with Gasteiger partial charge >= 0.3 is 0 Å². The van der Waals surface area contributed by atoms with Gasteiger partial charge in [-0.15, -0.1) is 0 Å². The third-order valence-electron chi connectivity index (χ3n) is 2.11. The standard InChI is InChI=1S/C11H8ClNO2/c12-8-4-1-3-7(10(14)11(8)15)9-5-2-6-13-9/h1,3-6H,2H2,(H,14,15). The summed E-state index contributed by atoms with van der Waals surface area (Å²) in [5.41, 5.74) is 0.464. The maximum Gasteiger partial charge on any atom is 0.231 e. The molecule has 0 fully saturated rings. The van der Waals surface area contributed by atoms with Crippen molar-refractivity contribution < 1.29 is 5.11 Å². The van der Waals surface area contributed by atoms with Crippen molar-refractivity contribution in [1.29, 1.82) is 0 Å². The molecule has 1 heterocycles. The zero-order chi connectivity index (χ0) is 10.8. The van der Waals surface area contributed by atoms with E-state index in [9.17, 15) is 9.90 Å². The lowest BCUT2D eigenvalue weighted by Gasteiger charge is -1.94. The molecule has 1 aliphatic heterocycles. The summed E-state index contributed by atoms with van der Waals surface area (Å²) < 4.78 is 0. The molecule has 0 aliphatic carbocycles. The van der Waals surface area contributed by atoms with E-state index in [-0.39, 0.29) is 5.02 Å². The van der Waals surface area contributed by atoms with E-state index in [2.05, 4.69) is 4.99 Å². The Morgan fingerprint density at radius 1 is 1.40 bits per heavy atom. The Bertz CT molecular complexity index is 520. The van der Waals surface area contributed by atoms with E-state index in [4.69, 9.17) is 11.6 Å². The van der Waals surface area contributed by atoms with Crippen LogP contribution in [-0.2, 0) is 0 Å². The number of nitrogens with zero attached hydrogens (tertiary/aromatic N) is 1. The van der Waals surface area contributed by atoms with Crippen LogP contribution in [0.4, 0.5) is 0 Å². The van der Waals surface area contributed by atoms with Crippen LogP contribution in [0.5, 0.6) is 5.75 Å². The summed E-state index contributed by atoms with van der Waals surface area (Å²) >= 11 is 5.67. The van der Waals surface area contributed by atoms with E-state index in [0.717, 1.165) is 0 Å². The third-order valence-corrected chi connectivity index (χ3v) is 2.42. The third kappa shape index (κ3) is 1.78. The van der Waals surface area contributed by atoms with Crippen molar-refractivity contribution in [2.24, 2.45) is 4.99 Å². The summed E-state index contributed by atoms with van der Waals surface area (Å²) in [5, 5.41) is 9.53. The molecule has 0 aromatic heterocycles. The first kappa shape index (κ1) is 9.93. The summed E-state index contributed by atoms with van der Waals surface area (Å²) in [6, 6.07) is 4.69. The van der Waals surface area contributed by atoms with Gasteiger partial charge in [-0.25, -0.2) is 0 Å². The average Bonchev–Trinajstić information content (AvgIpc) is 2.71. The molecule has 0 unspecified atom stereocenters. The number of aliphatic imine (C=N–C) groups is 1.